The van der Waals surface area contributed by atoms with Crippen LogP contribution >= 0.6 is 0 Å². The molecule has 3 aromatic rings. The van der Waals surface area contributed by atoms with Crippen molar-refractivity contribution in [1.82, 2.24) is 0 Å². The number of amides is 2. The predicted octanol–water partition coefficient (Wildman–Crippen LogP) is 5.76. The summed E-state index contributed by atoms with van der Waals surface area (Å²) in [6.07, 6.45) is -3.79. The van der Waals surface area contributed by atoms with Crippen molar-refractivity contribution in [3.8, 4) is 0 Å². The van der Waals surface area contributed by atoms with Crippen LogP contribution in [-0.2, 0) is 22.2 Å². The Morgan fingerprint density at radius 1 is 1.00 bits per heavy atom. The van der Waals surface area contributed by atoms with Gasteiger partial charge in [-0.25, -0.2) is 0 Å². The van der Waals surface area contributed by atoms with Gasteiger partial charge in [-0.3, -0.25) is 14.6 Å². The molecule has 1 aliphatic heterocycles. The molecule has 0 fully saturated rings. The van der Waals surface area contributed by atoms with Gasteiger partial charge in [0.05, 0.1) is 34.8 Å². The SMILES string of the molecule is CCc1ccc(C2=Nc3ccccc3N(CC(=O)Nc3ccccc3C(F)(F)F)C(=O)C2)cc1. The van der Waals surface area contributed by atoms with Crippen LogP contribution in [-0.4, -0.2) is 24.1 Å². The van der Waals surface area contributed by atoms with Crippen LogP contribution in [0.15, 0.2) is 77.8 Å². The van der Waals surface area contributed by atoms with Gasteiger partial charge in [-0.15, -0.1) is 0 Å². The zero-order valence-electron chi connectivity index (χ0n) is 18.4. The fourth-order valence-corrected chi connectivity index (χ4v) is 3.79. The summed E-state index contributed by atoms with van der Waals surface area (Å²) in [6.45, 7) is 1.60. The van der Waals surface area contributed by atoms with E-state index in [2.05, 4.69) is 10.3 Å². The minimum Gasteiger partial charge on any atom is -0.324 e. The Morgan fingerprint density at radius 3 is 2.38 bits per heavy atom. The lowest BCUT2D eigenvalue weighted by molar-refractivity contribution is -0.137. The maximum Gasteiger partial charge on any atom is 0.418 e. The van der Waals surface area contributed by atoms with Crippen LogP contribution in [0.25, 0.3) is 0 Å². The van der Waals surface area contributed by atoms with E-state index in [4.69, 9.17) is 0 Å². The Bertz CT molecular complexity index is 1250. The van der Waals surface area contributed by atoms with Crippen molar-refractivity contribution in [3.05, 3.63) is 89.5 Å². The van der Waals surface area contributed by atoms with E-state index in [9.17, 15) is 22.8 Å². The van der Waals surface area contributed by atoms with Gasteiger partial charge in [0.25, 0.3) is 0 Å². The number of carbonyl (C=O) groups is 2. The third-order valence-corrected chi connectivity index (χ3v) is 5.55. The van der Waals surface area contributed by atoms with Crippen molar-refractivity contribution in [2.24, 2.45) is 4.99 Å². The van der Waals surface area contributed by atoms with Crippen molar-refractivity contribution in [2.45, 2.75) is 25.9 Å². The van der Waals surface area contributed by atoms with Gasteiger partial charge < -0.3 is 10.2 Å². The summed E-state index contributed by atoms with van der Waals surface area (Å²) in [4.78, 5) is 31.9. The van der Waals surface area contributed by atoms with Gasteiger partial charge >= 0.3 is 6.18 Å². The summed E-state index contributed by atoms with van der Waals surface area (Å²) in [6, 6.07) is 19.4. The zero-order chi connectivity index (χ0) is 24.3. The molecule has 0 spiro atoms. The Kier molecular flexibility index (Phi) is 6.49. The van der Waals surface area contributed by atoms with Gasteiger partial charge in [-0.2, -0.15) is 13.2 Å². The van der Waals surface area contributed by atoms with Crippen LogP contribution in [0.1, 0.15) is 30.0 Å². The maximum absolute atomic E-state index is 13.3. The van der Waals surface area contributed by atoms with Crippen LogP contribution < -0.4 is 10.2 Å². The summed E-state index contributed by atoms with van der Waals surface area (Å²) in [7, 11) is 0. The molecule has 8 heteroatoms. The zero-order valence-corrected chi connectivity index (χ0v) is 18.4. The van der Waals surface area contributed by atoms with Crippen LogP contribution in [0.5, 0.6) is 0 Å². The van der Waals surface area contributed by atoms with Crippen LogP contribution in [0.2, 0.25) is 0 Å². The second kappa shape index (κ2) is 9.51. The minimum atomic E-state index is -4.62. The molecule has 4 rings (SSSR count). The van der Waals surface area contributed by atoms with Crippen molar-refractivity contribution >= 4 is 34.6 Å². The summed E-state index contributed by atoms with van der Waals surface area (Å²) >= 11 is 0. The number of para-hydroxylation sites is 3. The third kappa shape index (κ3) is 5.01. The number of fused-ring (bicyclic) bond motifs is 1. The summed E-state index contributed by atoms with van der Waals surface area (Å²) < 4.78 is 39.9. The highest BCUT2D eigenvalue weighted by Crippen LogP contribution is 2.35. The number of anilines is 2. The first kappa shape index (κ1) is 23.2. The molecule has 1 N–H and O–H groups in total. The second-order valence-electron chi connectivity index (χ2n) is 7.85. The van der Waals surface area contributed by atoms with Crippen LogP contribution in [0, 0.1) is 0 Å². The fourth-order valence-electron chi connectivity index (χ4n) is 3.79. The lowest BCUT2D eigenvalue weighted by Crippen LogP contribution is -2.38. The molecule has 5 nitrogen and oxygen atoms in total. The molecule has 0 saturated carbocycles. The molecule has 1 aliphatic rings. The first-order valence-electron chi connectivity index (χ1n) is 10.8. The number of rotatable bonds is 5. The molecule has 174 valence electrons. The smallest absolute Gasteiger partial charge is 0.324 e. The summed E-state index contributed by atoms with van der Waals surface area (Å²) in [5.74, 6) is -1.11. The van der Waals surface area contributed by atoms with Gasteiger partial charge in [0.15, 0.2) is 0 Å². The Hall–Kier alpha value is -3.94. The van der Waals surface area contributed by atoms with Crippen molar-refractivity contribution in [2.75, 3.05) is 16.8 Å². The van der Waals surface area contributed by atoms with E-state index >= 15 is 0 Å². The summed E-state index contributed by atoms with van der Waals surface area (Å²) in [5, 5.41) is 2.30. The normalized spacial score (nSPS) is 13.7. The molecule has 0 saturated heterocycles. The second-order valence-corrected chi connectivity index (χ2v) is 7.85. The number of benzene rings is 3. The lowest BCUT2D eigenvalue weighted by Gasteiger charge is -2.22. The molecule has 0 radical (unpaired) electrons. The van der Waals surface area contributed by atoms with Crippen LogP contribution in [0.3, 0.4) is 0 Å². The topological polar surface area (TPSA) is 61.8 Å². The van der Waals surface area contributed by atoms with E-state index in [1.165, 1.54) is 23.1 Å². The van der Waals surface area contributed by atoms with E-state index in [-0.39, 0.29) is 18.0 Å². The van der Waals surface area contributed by atoms with Gasteiger partial charge in [-0.05, 0) is 41.8 Å². The molecule has 2 amide bonds. The van der Waals surface area contributed by atoms with Gasteiger partial charge in [0, 0.05) is 0 Å². The Labute approximate surface area is 194 Å². The number of halogens is 3. The average Bonchev–Trinajstić information content (AvgIpc) is 2.95. The number of aliphatic imine (C=N–C) groups is 1. The quantitative estimate of drug-likeness (QED) is 0.521. The predicted molar refractivity (Wildman–Crippen MR) is 126 cm³/mol. The van der Waals surface area contributed by atoms with Crippen molar-refractivity contribution in [3.63, 3.8) is 0 Å². The number of aryl methyl sites for hydroxylation is 1. The van der Waals surface area contributed by atoms with Crippen LogP contribution in [0.4, 0.5) is 30.2 Å². The fraction of sp³-hybridized carbons (Fsp3) is 0.192. The number of hydrogen-bond acceptors (Lipinski definition) is 3. The number of hydrogen-bond donors (Lipinski definition) is 1. The molecule has 1 heterocycles. The summed E-state index contributed by atoms with van der Waals surface area (Å²) in [5.41, 5.74) is 2.13. The first-order chi connectivity index (χ1) is 16.3. The average molecular weight is 465 g/mol. The lowest BCUT2D eigenvalue weighted by atomic mass is 10.0. The number of carbonyl (C=O) groups excluding carboxylic acids is 2. The van der Waals surface area contributed by atoms with E-state index in [0.717, 1.165) is 23.6 Å². The minimum absolute atomic E-state index is 0.0490. The molecule has 0 unspecified atom stereocenters. The van der Waals surface area contributed by atoms with Gasteiger partial charge in [0.1, 0.15) is 6.54 Å². The number of nitrogens with one attached hydrogen (secondary N) is 1. The van der Waals surface area contributed by atoms with E-state index in [0.29, 0.717) is 17.1 Å². The van der Waals surface area contributed by atoms with E-state index in [1.54, 1.807) is 24.3 Å². The Balaban J connectivity index is 1.60. The molecule has 0 bridgehead atoms. The molecular formula is C26H22F3N3O2. The largest absolute Gasteiger partial charge is 0.418 e. The molecule has 0 aromatic heterocycles. The van der Waals surface area contributed by atoms with Crippen molar-refractivity contribution in [1.29, 1.82) is 0 Å². The molecule has 0 aliphatic carbocycles. The van der Waals surface area contributed by atoms with Crippen molar-refractivity contribution < 1.29 is 22.8 Å². The molecule has 0 atom stereocenters. The maximum atomic E-state index is 13.3. The number of alkyl halides is 3. The van der Waals surface area contributed by atoms with E-state index < -0.39 is 24.2 Å². The monoisotopic (exact) mass is 465 g/mol. The first-order valence-corrected chi connectivity index (χ1v) is 10.8. The van der Waals surface area contributed by atoms with Gasteiger partial charge in [0.2, 0.25) is 11.8 Å². The standard InChI is InChI=1S/C26H22F3N3O2/c1-2-17-11-13-18(14-12-17)22-15-25(34)32(23-10-6-5-9-21(23)30-22)16-24(33)31-20-8-4-3-7-19(20)26(27,28)29/h3-14H,2,15-16H2,1H3,(H,31,33). The van der Waals surface area contributed by atoms with E-state index in [1.807, 2.05) is 31.2 Å². The van der Waals surface area contributed by atoms with Gasteiger partial charge in [-0.1, -0.05) is 55.5 Å². The highest BCUT2D eigenvalue weighted by atomic mass is 19.4. The highest BCUT2D eigenvalue weighted by Gasteiger charge is 2.34. The third-order valence-electron chi connectivity index (χ3n) is 5.55. The Morgan fingerprint density at radius 2 is 1.68 bits per heavy atom. The molecule has 34 heavy (non-hydrogen) atoms. The number of nitrogens with zero attached hydrogens (tertiary/aromatic N) is 2. The highest BCUT2D eigenvalue weighted by molar-refractivity contribution is 6.19. The molecule has 3 aromatic carbocycles. The molecular weight excluding hydrogens is 443 g/mol.